The standard InChI is InChI=1S/C18H21N3O5S/c1-2-25-18(24)20-15(22)11-27-17-19-14-8-4-3-7-13(14)16(23)21(17)10-12-6-5-9-26-12/h3-4,7-8,12H,2,5-6,9-11H2,1H3,(H,20,22,24)/t12-/m1/s1. The Hall–Kier alpha value is -2.39. The zero-order valence-electron chi connectivity index (χ0n) is 15.0. The maximum Gasteiger partial charge on any atom is 0.413 e. The number of rotatable bonds is 6. The Bertz CT molecular complexity index is 892. The van der Waals surface area contributed by atoms with Gasteiger partial charge in [-0.3, -0.25) is 19.5 Å². The van der Waals surface area contributed by atoms with E-state index in [1.807, 2.05) is 0 Å². The van der Waals surface area contributed by atoms with Gasteiger partial charge in [-0.2, -0.15) is 0 Å². The van der Waals surface area contributed by atoms with Crippen molar-refractivity contribution in [2.24, 2.45) is 0 Å². The van der Waals surface area contributed by atoms with Crippen LogP contribution in [0.4, 0.5) is 4.79 Å². The molecule has 0 radical (unpaired) electrons. The minimum Gasteiger partial charge on any atom is -0.450 e. The summed E-state index contributed by atoms with van der Waals surface area (Å²) in [7, 11) is 0. The van der Waals surface area contributed by atoms with Gasteiger partial charge >= 0.3 is 6.09 Å². The molecule has 2 amide bonds. The highest BCUT2D eigenvalue weighted by Crippen LogP contribution is 2.20. The van der Waals surface area contributed by atoms with E-state index in [0.717, 1.165) is 24.6 Å². The molecule has 8 nitrogen and oxygen atoms in total. The van der Waals surface area contributed by atoms with E-state index in [0.29, 0.717) is 29.2 Å². The number of para-hydroxylation sites is 1. The number of ether oxygens (including phenoxy) is 2. The first-order chi connectivity index (χ1) is 13.1. The lowest BCUT2D eigenvalue weighted by Crippen LogP contribution is -2.33. The van der Waals surface area contributed by atoms with Crippen LogP contribution in [0.5, 0.6) is 0 Å². The molecule has 1 saturated heterocycles. The highest BCUT2D eigenvalue weighted by Gasteiger charge is 2.21. The van der Waals surface area contributed by atoms with Gasteiger partial charge in [-0.25, -0.2) is 9.78 Å². The topological polar surface area (TPSA) is 99.5 Å². The molecule has 9 heteroatoms. The van der Waals surface area contributed by atoms with Crippen LogP contribution in [-0.2, 0) is 20.8 Å². The van der Waals surface area contributed by atoms with Crippen molar-refractivity contribution in [1.29, 1.82) is 0 Å². The molecule has 0 saturated carbocycles. The number of benzene rings is 1. The molecular formula is C18H21N3O5S. The van der Waals surface area contributed by atoms with Crippen molar-refractivity contribution in [2.45, 2.75) is 37.6 Å². The fraction of sp³-hybridized carbons (Fsp3) is 0.444. The summed E-state index contributed by atoms with van der Waals surface area (Å²) >= 11 is 1.10. The van der Waals surface area contributed by atoms with Gasteiger partial charge in [-0.1, -0.05) is 23.9 Å². The number of nitrogens with one attached hydrogen (secondary N) is 1. The number of alkyl carbamates (subject to hydrolysis) is 1. The lowest BCUT2D eigenvalue weighted by molar-refractivity contribution is -0.117. The van der Waals surface area contributed by atoms with Crippen molar-refractivity contribution in [3.05, 3.63) is 34.6 Å². The van der Waals surface area contributed by atoms with E-state index < -0.39 is 12.0 Å². The van der Waals surface area contributed by atoms with Crippen LogP contribution in [0, 0.1) is 0 Å². The molecule has 1 N–H and O–H groups in total. The smallest absolute Gasteiger partial charge is 0.413 e. The molecule has 0 unspecified atom stereocenters. The molecule has 1 atom stereocenters. The quantitative estimate of drug-likeness (QED) is 0.593. The number of aromatic nitrogens is 2. The highest BCUT2D eigenvalue weighted by molar-refractivity contribution is 7.99. The number of thioether (sulfide) groups is 1. The minimum atomic E-state index is -0.786. The molecular weight excluding hydrogens is 370 g/mol. The maximum atomic E-state index is 12.9. The summed E-state index contributed by atoms with van der Waals surface area (Å²) in [6, 6.07) is 7.09. The van der Waals surface area contributed by atoms with Crippen LogP contribution in [0.1, 0.15) is 19.8 Å². The van der Waals surface area contributed by atoms with Crippen LogP contribution in [0.2, 0.25) is 0 Å². The lowest BCUT2D eigenvalue weighted by Gasteiger charge is -2.16. The number of nitrogens with zero attached hydrogens (tertiary/aromatic N) is 2. The predicted molar refractivity (Wildman–Crippen MR) is 101 cm³/mol. The van der Waals surface area contributed by atoms with Crippen molar-refractivity contribution < 1.29 is 19.1 Å². The summed E-state index contributed by atoms with van der Waals surface area (Å²) in [5.41, 5.74) is 0.406. The Kier molecular flexibility index (Phi) is 6.46. The van der Waals surface area contributed by atoms with Crippen molar-refractivity contribution in [2.75, 3.05) is 19.0 Å². The number of carbonyl (C=O) groups excluding carboxylic acids is 2. The Labute approximate surface area is 160 Å². The average Bonchev–Trinajstić information content (AvgIpc) is 3.16. The number of hydrogen-bond donors (Lipinski definition) is 1. The van der Waals surface area contributed by atoms with Gasteiger partial charge in [0.2, 0.25) is 5.91 Å². The van der Waals surface area contributed by atoms with E-state index in [2.05, 4.69) is 15.0 Å². The summed E-state index contributed by atoms with van der Waals surface area (Å²) in [6.07, 6.45) is 1.02. The molecule has 27 heavy (non-hydrogen) atoms. The highest BCUT2D eigenvalue weighted by atomic mass is 32.2. The van der Waals surface area contributed by atoms with Crippen LogP contribution in [-0.4, -0.2) is 46.6 Å². The summed E-state index contributed by atoms with van der Waals surface area (Å²) in [5, 5.41) is 3.08. The van der Waals surface area contributed by atoms with Gasteiger partial charge in [0.15, 0.2) is 5.16 Å². The normalized spacial score (nSPS) is 16.4. The Morgan fingerprint density at radius 1 is 1.41 bits per heavy atom. The first-order valence-electron chi connectivity index (χ1n) is 8.79. The Morgan fingerprint density at radius 2 is 2.22 bits per heavy atom. The first-order valence-corrected chi connectivity index (χ1v) is 9.77. The van der Waals surface area contributed by atoms with Gasteiger partial charge in [0.1, 0.15) is 0 Å². The van der Waals surface area contributed by atoms with Crippen molar-refractivity contribution in [3.8, 4) is 0 Å². The maximum absolute atomic E-state index is 12.9. The minimum absolute atomic E-state index is 0.0432. The van der Waals surface area contributed by atoms with Gasteiger partial charge in [0.25, 0.3) is 5.56 Å². The van der Waals surface area contributed by atoms with E-state index in [1.165, 1.54) is 0 Å². The summed E-state index contributed by atoms with van der Waals surface area (Å²) in [4.78, 5) is 40.7. The number of fused-ring (bicyclic) bond motifs is 1. The molecule has 1 fully saturated rings. The van der Waals surface area contributed by atoms with Gasteiger partial charge in [0.05, 0.1) is 35.9 Å². The van der Waals surface area contributed by atoms with Crippen LogP contribution < -0.4 is 10.9 Å². The molecule has 0 bridgehead atoms. The zero-order valence-corrected chi connectivity index (χ0v) is 15.8. The third kappa shape index (κ3) is 4.86. The van der Waals surface area contributed by atoms with Crippen LogP contribution in [0.15, 0.2) is 34.2 Å². The summed E-state index contributed by atoms with van der Waals surface area (Å²) < 4.78 is 11.9. The SMILES string of the molecule is CCOC(=O)NC(=O)CSc1nc2ccccc2c(=O)n1C[C@H]1CCCO1. The first kappa shape index (κ1) is 19.4. The summed E-state index contributed by atoms with van der Waals surface area (Å²) in [6.45, 7) is 2.91. The van der Waals surface area contributed by atoms with Gasteiger partial charge in [-0.05, 0) is 31.9 Å². The molecule has 0 spiro atoms. The largest absolute Gasteiger partial charge is 0.450 e. The molecule has 1 aromatic carbocycles. The Morgan fingerprint density at radius 3 is 2.96 bits per heavy atom. The number of carbonyl (C=O) groups is 2. The summed E-state index contributed by atoms with van der Waals surface area (Å²) in [5.74, 6) is -0.570. The second kappa shape index (κ2) is 9.01. The van der Waals surface area contributed by atoms with Crippen molar-refractivity contribution in [3.63, 3.8) is 0 Å². The second-order valence-corrected chi connectivity index (χ2v) is 6.96. The molecule has 3 rings (SSSR count). The molecule has 2 aromatic rings. The van der Waals surface area contributed by atoms with Crippen LogP contribution >= 0.6 is 11.8 Å². The van der Waals surface area contributed by atoms with E-state index >= 15 is 0 Å². The molecule has 1 aliphatic heterocycles. The molecule has 1 aliphatic rings. The van der Waals surface area contributed by atoms with Gasteiger partial charge in [-0.15, -0.1) is 0 Å². The predicted octanol–water partition coefficient (Wildman–Crippen LogP) is 1.94. The Balaban J connectivity index is 1.82. The third-order valence-corrected chi connectivity index (χ3v) is 5.06. The molecule has 2 heterocycles. The van der Waals surface area contributed by atoms with E-state index in [-0.39, 0.29) is 24.0 Å². The van der Waals surface area contributed by atoms with Crippen molar-refractivity contribution >= 4 is 34.7 Å². The van der Waals surface area contributed by atoms with E-state index in [9.17, 15) is 14.4 Å². The number of imide groups is 1. The van der Waals surface area contributed by atoms with Gasteiger partial charge < -0.3 is 9.47 Å². The molecule has 144 valence electrons. The zero-order chi connectivity index (χ0) is 19.2. The fourth-order valence-electron chi connectivity index (χ4n) is 2.86. The average molecular weight is 391 g/mol. The number of amides is 2. The number of hydrogen-bond acceptors (Lipinski definition) is 7. The molecule has 0 aliphatic carbocycles. The van der Waals surface area contributed by atoms with Crippen LogP contribution in [0.3, 0.4) is 0 Å². The van der Waals surface area contributed by atoms with E-state index in [1.54, 1.807) is 35.8 Å². The third-order valence-electron chi connectivity index (χ3n) is 4.09. The van der Waals surface area contributed by atoms with Gasteiger partial charge in [0, 0.05) is 6.61 Å². The lowest BCUT2D eigenvalue weighted by atomic mass is 10.2. The fourth-order valence-corrected chi connectivity index (χ4v) is 3.67. The van der Waals surface area contributed by atoms with E-state index in [4.69, 9.17) is 4.74 Å². The second-order valence-electron chi connectivity index (χ2n) is 6.02. The molecule has 1 aromatic heterocycles. The van der Waals surface area contributed by atoms with Crippen LogP contribution in [0.25, 0.3) is 10.9 Å². The van der Waals surface area contributed by atoms with Crippen molar-refractivity contribution in [1.82, 2.24) is 14.9 Å². The monoisotopic (exact) mass is 391 g/mol.